The quantitative estimate of drug-likeness (QED) is 0.826. The first-order valence-electron chi connectivity index (χ1n) is 8.78. The number of amides is 1. The van der Waals surface area contributed by atoms with Gasteiger partial charge in [-0.25, -0.2) is 0 Å². The van der Waals surface area contributed by atoms with E-state index >= 15 is 0 Å². The number of hydrogen-bond donors (Lipinski definition) is 2. The third-order valence-electron chi connectivity index (χ3n) is 4.98. The van der Waals surface area contributed by atoms with Gasteiger partial charge < -0.3 is 11.1 Å². The number of piperidine rings is 1. The van der Waals surface area contributed by atoms with Gasteiger partial charge in [-0.2, -0.15) is 0 Å². The van der Waals surface area contributed by atoms with Gasteiger partial charge in [0.25, 0.3) is 0 Å². The van der Waals surface area contributed by atoms with E-state index in [-0.39, 0.29) is 18.3 Å². The molecule has 1 atom stereocenters. The molecule has 0 aliphatic carbocycles. The maximum Gasteiger partial charge on any atom is 0.221 e. The van der Waals surface area contributed by atoms with E-state index in [1.165, 1.54) is 35.1 Å². The van der Waals surface area contributed by atoms with Crippen molar-refractivity contribution in [3.05, 3.63) is 34.4 Å². The Bertz CT molecular complexity index is 548. The normalized spacial score (nSPS) is 18.1. The lowest BCUT2D eigenvalue weighted by molar-refractivity contribution is -0.121. The van der Waals surface area contributed by atoms with Crippen molar-refractivity contribution in [1.82, 2.24) is 10.2 Å². The van der Waals surface area contributed by atoms with Crippen LogP contribution >= 0.6 is 12.4 Å². The molecule has 2 rings (SSSR count). The molecule has 1 amide bonds. The average Bonchev–Trinajstić information content (AvgIpc) is 2.52. The fraction of sp³-hybridized carbons (Fsp3) is 0.632. The molecular formula is C19H32ClN3O. The Labute approximate surface area is 152 Å². The van der Waals surface area contributed by atoms with E-state index in [1.54, 1.807) is 0 Å². The molecule has 0 aromatic heterocycles. The van der Waals surface area contributed by atoms with Crippen LogP contribution in [0.3, 0.4) is 0 Å². The molecule has 1 aliphatic rings. The van der Waals surface area contributed by atoms with E-state index in [9.17, 15) is 4.79 Å². The predicted molar refractivity (Wildman–Crippen MR) is 103 cm³/mol. The highest BCUT2D eigenvalue weighted by Crippen LogP contribution is 2.22. The molecule has 4 nitrogen and oxygen atoms in total. The molecule has 1 heterocycles. The van der Waals surface area contributed by atoms with Gasteiger partial charge in [-0.3, -0.25) is 9.69 Å². The molecule has 1 fully saturated rings. The number of benzene rings is 1. The topological polar surface area (TPSA) is 58.4 Å². The third kappa shape index (κ3) is 5.76. The van der Waals surface area contributed by atoms with Gasteiger partial charge in [0.1, 0.15) is 0 Å². The Morgan fingerprint density at radius 3 is 2.62 bits per heavy atom. The van der Waals surface area contributed by atoms with Crippen molar-refractivity contribution >= 4 is 18.3 Å². The number of nitrogens with zero attached hydrogens (tertiary/aromatic N) is 1. The smallest absolute Gasteiger partial charge is 0.221 e. The summed E-state index contributed by atoms with van der Waals surface area (Å²) in [4.78, 5) is 14.2. The molecule has 0 bridgehead atoms. The van der Waals surface area contributed by atoms with Gasteiger partial charge >= 0.3 is 0 Å². The number of nitrogens with two attached hydrogens (primary N) is 1. The van der Waals surface area contributed by atoms with E-state index in [0.29, 0.717) is 19.0 Å². The number of hydrogen-bond acceptors (Lipinski definition) is 3. The molecule has 1 aromatic carbocycles. The highest BCUT2D eigenvalue weighted by Gasteiger charge is 2.23. The number of carbonyl (C=O) groups is 1. The van der Waals surface area contributed by atoms with Crippen molar-refractivity contribution in [1.29, 1.82) is 0 Å². The summed E-state index contributed by atoms with van der Waals surface area (Å²) in [6, 6.07) is 5.04. The summed E-state index contributed by atoms with van der Waals surface area (Å²) in [6.45, 7) is 9.80. The first-order chi connectivity index (χ1) is 11.0. The highest BCUT2D eigenvalue weighted by molar-refractivity contribution is 5.85. The van der Waals surface area contributed by atoms with Gasteiger partial charge in [0.15, 0.2) is 0 Å². The molecule has 1 saturated heterocycles. The van der Waals surface area contributed by atoms with Crippen molar-refractivity contribution < 1.29 is 4.79 Å². The zero-order valence-electron chi connectivity index (χ0n) is 15.2. The van der Waals surface area contributed by atoms with Crippen molar-refractivity contribution in [3.8, 4) is 0 Å². The van der Waals surface area contributed by atoms with E-state index in [4.69, 9.17) is 5.73 Å². The molecule has 1 aliphatic heterocycles. The van der Waals surface area contributed by atoms with Crippen molar-refractivity contribution in [2.24, 2.45) is 5.73 Å². The molecule has 3 N–H and O–H groups in total. The summed E-state index contributed by atoms with van der Waals surface area (Å²) in [5.41, 5.74) is 10.9. The second-order valence-electron chi connectivity index (χ2n) is 6.83. The summed E-state index contributed by atoms with van der Waals surface area (Å²) < 4.78 is 0. The van der Waals surface area contributed by atoms with Crippen LogP contribution in [0.2, 0.25) is 0 Å². The fourth-order valence-electron chi connectivity index (χ4n) is 3.36. The minimum absolute atomic E-state index is 0. The van der Waals surface area contributed by atoms with Crippen LogP contribution in [-0.4, -0.2) is 36.5 Å². The van der Waals surface area contributed by atoms with Crippen LogP contribution in [-0.2, 0) is 11.3 Å². The van der Waals surface area contributed by atoms with Crippen LogP contribution in [0.25, 0.3) is 0 Å². The Kier molecular flexibility index (Phi) is 8.74. The summed E-state index contributed by atoms with van der Waals surface area (Å²) in [7, 11) is 0. The minimum Gasteiger partial charge on any atom is -0.354 e. The molecule has 1 unspecified atom stereocenters. The zero-order chi connectivity index (χ0) is 16.8. The third-order valence-corrected chi connectivity index (χ3v) is 4.98. The largest absolute Gasteiger partial charge is 0.354 e. The Hall–Kier alpha value is -1.10. The molecule has 0 saturated carbocycles. The zero-order valence-corrected chi connectivity index (χ0v) is 16.0. The van der Waals surface area contributed by atoms with Gasteiger partial charge in [0.05, 0.1) is 0 Å². The van der Waals surface area contributed by atoms with Crippen LogP contribution in [0, 0.1) is 20.8 Å². The van der Waals surface area contributed by atoms with Crippen LogP contribution in [0.5, 0.6) is 0 Å². The molecule has 0 radical (unpaired) electrons. The molecule has 1 aromatic rings. The van der Waals surface area contributed by atoms with E-state index in [0.717, 1.165) is 26.1 Å². The average molecular weight is 354 g/mol. The molecule has 24 heavy (non-hydrogen) atoms. The van der Waals surface area contributed by atoms with Gasteiger partial charge in [-0.1, -0.05) is 18.6 Å². The van der Waals surface area contributed by atoms with Gasteiger partial charge in [-0.15, -0.1) is 12.4 Å². The number of rotatable bonds is 6. The number of carbonyl (C=O) groups excluding carboxylic acids is 1. The Morgan fingerprint density at radius 1 is 1.21 bits per heavy atom. The number of nitrogens with one attached hydrogen (secondary N) is 1. The standard InChI is InChI=1S/C19H31N3O.ClH/c1-14-10-16(3)17(11-15(14)2)13-22-9-5-4-6-18(22)12-21-19(23)7-8-20;/h10-11,18H,4-9,12-13,20H2,1-3H3,(H,21,23);1H. The lowest BCUT2D eigenvalue weighted by Crippen LogP contribution is -2.46. The lowest BCUT2D eigenvalue weighted by atomic mass is 9.97. The second-order valence-corrected chi connectivity index (χ2v) is 6.83. The van der Waals surface area contributed by atoms with Crippen LogP contribution in [0.15, 0.2) is 12.1 Å². The summed E-state index contributed by atoms with van der Waals surface area (Å²) in [5.74, 6) is 0.0698. The van der Waals surface area contributed by atoms with Crippen LogP contribution < -0.4 is 11.1 Å². The summed E-state index contributed by atoms with van der Waals surface area (Å²) in [5, 5.41) is 3.04. The summed E-state index contributed by atoms with van der Waals surface area (Å²) in [6.07, 6.45) is 4.08. The van der Waals surface area contributed by atoms with Crippen LogP contribution in [0.1, 0.15) is 47.9 Å². The maximum atomic E-state index is 11.7. The number of halogens is 1. The number of aryl methyl sites for hydroxylation is 3. The first-order valence-corrected chi connectivity index (χ1v) is 8.78. The summed E-state index contributed by atoms with van der Waals surface area (Å²) >= 11 is 0. The van der Waals surface area contributed by atoms with Gasteiger partial charge in [0, 0.05) is 32.1 Å². The number of likely N-dealkylation sites (tertiary alicyclic amines) is 1. The van der Waals surface area contributed by atoms with Crippen LogP contribution in [0.4, 0.5) is 0 Å². The minimum atomic E-state index is 0. The molecule has 136 valence electrons. The van der Waals surface area contributed by atoms with Crippen molar-refractivity contribution in [2.45, 2.75) is 59.0 Å². The fourth-order valence-corrected chi connectivity index (χ4v) is 3.36. The van der Waals surface area contributed by atoms with E-state index < -0.39 is 0 Å². The Balaban J connectivity index is 0.00000288. The second kappa shape index (κ2) is 10.0. The molecule has 0 spiro atoms. The van der Waals surface area contributed by atoms with Crippen molar-refractivity contribution in [3.63, 3.8) is 0 Å². The molecular weight excluding hydrogens is 322 g/mol. The lowest BCUT2D eigenvalue weighted by Gasteiger charge is -2.36. The Morgan fingerprint density at radius 2 is 1.92 bits per heavy atom. The monoisotopic (exact) mass is 353 g/mol. The predicted octanol–water partition coefficient (Wildman–Crippen LogP) is 2.85. The van der Waals surface area contributed by atoms with Gasteiger partial charge in [-0.05, 0) is 62.4 Å². The first kappa shape index (κ1) is 20.9. The van der Waals surface area contributed by atoms with Gasteiger partial charge in [0.2, 0.25) is 5.91 Å². The van der Waals surface area contributed by atoms with Crippen molar-refractivity contribution in [2.75, 3.05) is 19.6 Å². The molecule has 5 heteroatoms. The SMILES string of the molecule is Cc1cc(C)c(CN2CCCCC2CNC(=O)CCN)cc1C.Cl. The maximum absolute atomic E-state index is 11.7. The van der Waals surface area contributed by atoms with E-state index in [1.807, 2.05) is 0 Å². The van der Waals surface area contributed by atoms with E-state index in [2.05, 4.69) is 43.1 Å². The highest BCUT2D eigenvalue weighted by atomic mass is 35.5.